The zero-order valence-corrected chi connectivity index (χ0v) is 16.3. The second kappa shape index (κ2) is 8.60. The van der Waals surface area contributed by atoms with E-state index in [0.717, 1.165) is 22.5 Å². The maximum absolute atomic E-state index is 12.5. The molecule has 0 unspecified atom stereocenters. The maximum Gasteiger partial charge on any atom is 0.434 e. The van der Waals surface area contributed by atoms with Gasteiger partial charge in [-0.05, 0) is 0 Å². The normalized spacial score (nSPS) is 12.0. The van der Waals surface area contributed by atoms with Crippen molar-refractivity contribution in [1.82, 2.24) is 30.0 Å². The molecule has 0 amide bonds. The van der Waals surface area contributed by atoms with E-state index in [2.05, 4.69) is 25.4 Å². The van der Waals surface area contributed by atoms with Crippen LogP contribution in [0.3, 0.4) is 0 Å². The van der Waals surface area contributed by atoms with E-state index < -0.39 is 11.9 Å². The summed E-state index contributed by atoms with van der Waals surface area (Å²) in [6, 6.07) is 0. The fourth-order valence-corrected chi connectivity index (χ4v) is 2.55. The van der Waals surface area contributed by atoms with Crippen molar-refractivity contribution in [2.45, 2.75) is 19.3 Å². The van der Waals surface area contributed by atoms with Crippen LogP contribution in [0.2, 0.25) is 0 Å². The van der Waals surface area contributed by atoms with Crippen molar-refractivity contribution in [2.75, 3.05) is 14.1 Å². The molecule has 134 valence electrons. The summed E-state index contributed by atoms with van der Waals surface area (Å²) in [6.07, 6.45) is -2.97. The number of thiazole rings is 1. The van der Waals surface area contributed by atoms with Gasteiger partial charge in [0.25, 0.3) is 0 Å². The Morgan fingerprint density at radius 1 is 1.46 bits per heavy atom. The van der Waals surface area contributed by atoms with Crippen LogP contribution in [0.25, 0.3) is 0 Å². The summed E-state index contributed by atoms with van der Waals surface area (Å²) in [6.45, 7) is 0.623. The number of aryl methyl sites for hydroxylation is 1. The molecule has 0 atom stereocenters. The molecule has 0 aliphatic carbocycles. The van der Waals surface area contributed by atoms with E-state index in [1.807, 2.05) is 0 Å². The van der Waals surface area contributed by atoms with Crippen molar-refractivity contribution < 1.29 is 13.2 Å². The van der Waals surface area contributed by atoms with Crippen LogP contribution in [0.5, 0.6) is 0 Å². The Labute approximate surface area is 158 Å². The Hall–Kier alpha value is -1.44. The minimum Gasteiger partial charge on any atom is -0.350 e. The van der Waals surface area contributed by atoms with Gasteiger partial charge in [0, 0.05) is 26.5 Å². The lowest BCUT2D eigenvalue weighted by atomic mass is 10.5. The molecule has 0 aliphatic heterocycles. The molecule has 2 rings (SSSR count). The molecule has 0 spiro atoms. The predicted molar refractivity (Wildman–Crippen MR) is 95.2 cm³/mol. The number of aliphatic imine (C=N–C) groups is 1. The molecule has 24 heavy (non-hydrogen) atoms. The number of nitrogens with one attached hydrogen (secondary N) is 1. The van der Waals surface area contributed by atoms with Crippen molar-refractivity contribution in [1.29, 1.82) is 0 Å². The molecule has 1 N–H and O–H groups in total. The van der Waals surface area contributed by atoms with E-state index in [4.69, 9.17) is 0 Å². The van der Waals surface area contributed by atoms with Crippen LogP contribution in [0.1, 0.15) is 16.5 Å². The van der Waals surface area contributed by atoms with Gasteiger partial charge in [-0.15, -0.1) is 35.3 Å². The van der Waals surface area contributed by atoms with Gasteiger partial charge in [-0.3, -0.25) is 9.67 Å². The van der Waals surface area contributed by atoms with Crippen LogP contribution in [-0.4, -0.2) is 44.7 Å². The molecule has 0 saturated heterocycles. The Morgan fingerprint density at radius 2 is 2.17 bits per heavy atom. The van der Waals surface area contributed by atoms with Gasteiger partial charge >= 0.3 is 6.18 Å². The summed E-state index contributed by atoms with van der Waals surface area (Å²) >= 11 is 0.955. The first-order valence-electron chi connectivity index (χ1n) is 6.57. The fraction of sp³-hybridized carbons (Fsp3) is 0.500. The third kappa shape index (κ3) is 5.29. The van der Waals surface area contributed by atoms with Crippen molar-refractivity contribution in [3.8, 4) is 0 Å². The standard InChI is InChI=1S/C12H16F3N7S.HI/c1-16-11(21(2)5-9-18-7-19-22(9)3)17-4-10-20-8(6-23-10)12(13,14)15;/h6-7H,4-5H2,1-3H3,(H,16,17);1H. The van der Waals surface area contributed by atoms with Gasteiger partial charge in [-0.1, -0.05) is 0 Å². The average Bonchev–Trinajstić information content (AvgIpc) is 3.09. The highest BCUT2D eigenvalue weighted by Gasteiger charge is 2.33. The minimum atomic E-state index is -4.42. The molecule has 0 radical (unpaired) electrons. The Balaban J connectivity index is 0.00000288. The Morgan fingerprint density at radius 3 is 2.67 bits per heavy atom. The van der Waals surface area contributed by atoms with E-state index in [1.165, 1.54) is 6.33 Å². The molecular weight excluding hydrogens is 458 g/mol. The summed E-state index contributed by atoms with van der Waals surface area (Å²) in [5.74, 6) is 1.26. The van der Waals surface area contributed by atoms with E-state index in [9.17, 15) is 13.2 Å². The van der Waals surface area contributed by atoms with Crippen molar-refractivity contribution in [3.63, 3.8) is 0 Å². The molecule has 0 aromatic carbocycles. The first kappa shape index (κ1) is 20.6. The number of halogens is 4. The van der Waals surface area contributed by atoms with Gasteiger partial charge < -0.3 is 10.2 Å². The van der Waals surface area contributed by atoms with Crippen molar-refractivity contribution in [2.24, 2.45) is 12.0 Å². The molecule has 12 heteroatoms. The molecular formula is C12H17F3IN7S. The lowest BCUT2D eigenvalue weighted by molar-refractivity contribution is -0.140. The average molecular weight is 475 g/mol. The minimum absolute atomic E-state index is 0. The van der Waals surface area contributed by atoms with Gasteiger partial charge in [0.05, 0.1) is 13.1 Å². The first-order valence-corrected chi connectivity index (χ1v) is 7.45. The van der Waals surface area contributed by atoms with E-state index >= 15 is 0 Å². The maximum atomic E-state index is 12.5. The zero-order valence-electron chi connectivity index (χ0n) is 13.2. The van der Waals surface area contributed by atoms with Crippen LogP contribution in [0.4, 0.5) is 13.2 Å². The lowest BCUT2D eigenvalue weighted by Gasteiger charge is -2.21. The summed E-state index contributed by atoms with van der Waals surface area (Å²) in [5.41, 5.74) is -0.873. The largest absolute Gasteiger partial charge is 0.434 e. The highest BCUT2D eigenvalue weighted by Crippen LogP contribution is 2.29. The number of aromatic nitrogens is 4. The molecule has 7 nitrogen and oxygen atoms in total. The summed E-state index contributed by atoms with van der Waals surface area (Å²) in [7, 11) is 5.17. The molecule has 2 heterocycles. The van der Waals surface area contributed by atoms with Crippen LogP contribution in [0.15, 0.2) is 16.7 Å². The van der Waals surface area contributed by atoms with Gasteiger partial charge in [0.2, 0.25) is 0 Å². The molecule has 0 bridgehead atoms. The molecule has 2 aromatic heterocycles. The summed E-state index contributed by atoms with van der Waals surface area (Å²) in [5, 5.41) is 8.30. The van der Waals surface area contributed by atoms with Crippen LogP contribution < -0.4 is 5.32 Å². The second-order valence-corrected chi connectivity index (χ2v) is 5.62. The smallest absolute Gasteiger partial charge is 0.350 e. The lowest BCUT2D eigenvalue weighted by Crippen LogP contribution is -2.38. The third-order valence-corrected chi connectivity index (χ3v) is 3.85. The molecule has 0 fully saturated rings. The van der Waals surface area contributed by atoms with E-state index in [-0.39, 0.29) is 30.5 Å². The molecule has 2 aromatic rings. The summed E-state index contributed by atoms with van der Waals surface area (Å²) < 4.78 is 39.2. The number of rotatable bonds is 4. The first-order chi connectivity index (χ1) is 10.8. The fourth-order valence-electron chi connectivity index (χ4n) is 1.81. The second-order valence-electron chi connectivity index (χ2n) is 4.68. The van der Waals surface area contributed by atoms with Crippen molar-refractivity contribution >= 4 is 41.3 Å². The number of nitrogens with zero attached hydrogens (tertiary/aromatic N) is 6. The quantitative estimate of drug-likeness (QED) is 0.417. The number of guanidine groups is 1. The highest BCUT2D eigenvalue weighted by molar-refractivity contribution is 14.0. The zero-order chi connectivity index (χ0) is 17.0. The van der Waals surface area contributed by atoms with Crippen LogP contribution >= 0.6 is 35.3 Å². The van der Waals surface area contributed by atoms with Gasteiger partial charge in [0.15, 0.2) is 11.7 Å². The van der Waals surface area contributed by atoms with Crippen LogP contribution in [-0.2, 0) is 26.3 Å². The predicted octanol–water partition coefficient (Wildman–Crippen LogP) is 2.12. The number of hydrogen-bond acceptors (Lipinski definition) is 5. The van der Waals surface area contributed by atoms with Gasteiger partial charge in [0.1, 0.15) is 17.2 Å². The van der Waals surface area contributed by atoms with E-state index in [0.29, 0.717) is 17.5 Å². The topological polar surface area (TPSA) is 71.2 Å². The number of alkyl halides is 3. The van der Waals surface area contributed by atoms with Crippen LogP contribution in [0, 0.1) is 0 Å². The highest BCUT2D eigenvalue weighted by atomic mass is 127. The third-order valence-electron chi connectivity index (χ3n) is 3.00. The SMILES string of the molecule is CN=C(NCc1nc(C(F)(F)F)cs1)N(C)Cc1ncnn1C.I. The van der Waals surface area contributed by atoms with Crippen molar-refractivity contribution in [3.05, 3.63) is 28.2 Å². The monoisotopic (exact) mass is 475 g/mol. The Kier molecular flexibility index (Phi) is 7.38. The van der Waals surface area contributed by atoms with E-state index in [1.54, 1.807) is 30.7 Å². The van der Waals surface area contributed by atoms with Gasteiger partial charge in [-0.2, -0.15) is 18.3 Å². The number of hydrogen-bond donors (Lipinski definition) is 1. The van der Waals surface area contributed by atoms with Gasteiger partial charge in [-0.25, -0.2) is 9.97 Å². The molecule has 0 aliphatic rings. The Bertz CT molecular complexity index is 682. The molecule has 0 saturated carbocycles. The summed E-state index contributed by atoms with van der Waals surface area (Å²) in [4.78, 5) is 13.6.